The molecule has 0 saturated carbocycles. The lowest BCUT2D eigenvalue weighted by Crippen LogP contribution is -2.46. The molecule has 2 amide bonds. The molecule has 114 valence electrons. The molecule has 0 aliphatic carbocycles. The van der Waals surface area contributed by atoms with E-state index in [1.807, 2.05) is 0 Å². The van der Waals surface area contributed by atoms with Crippen LogP contribution in [0.4, 0.5) is 10.5 Å². The summed E-state index contributed by atoms with van der Waals surface area (Å²) in [7, 11) is 0. The Hall–Kier alpha value is -1.26. The average Bonchev–Trinajstić information content (AvgIpc) is 2.42. The van der Waals surface area contributed by atoms with E-state index in [2.05, 4.69) is 5.32 Å². The fraction of sp³-hybridized carbons (Fsp3) is 0.467. The predicted octanol–water partition coefficient (Wildman–Crippen LogP) is 4.36. The lowest BCUT2D eigenvalue weighted by Gasteiger charge is -2.35. The van der Waals surface area contributed by atoms with Crippen LogP contribution in [-0.2, 0) is 4.79 Å². The maximum Gasteiger partial charge on any atom is 0.322 e. The minimum absolute atomic E-state index is 0.0331. The highest BCUT2D eigenvalue weighted by Crippen LogP contribution is 2.27. The number of rotatable bonds is 3. The molecule has 1 aromatic carbocycles. The Balaban J connectivity index is 2.10. The quantitative estimate of drug-likeness (QED) is 0.896. The highest BCUT2D eigenvalue weighted by molar-refractivity contribution is 6.35. The Morgan fingerprint density at radius 3 is 2.81 bits per heavy atom. The third kappa shape index (κ3) is 4.35. The summed E-state index contributed by atoms with van der Waals surface area (Å²) < 4.78 is 0. The molecule has 0 spiro atoms. The molecule has 1 atom stereocenters. The van der Waals surface area contributed by atoms with Crippen LogP contribution in [0.2, 0.25) is 10.0 Å². The van der Waals surface area contributed by atoms with Crippen molar-refractivity contribution >= 4 is 40.7 Å². The number of amides is 2. The number of nitrogens with one attached hydrogen (secondary N) is 1. The van der Waals surface area contributed by atoms with Crippen molar-refractivity contribution in [3.05, 3.63) is 28.2 Å². The van der Waals surface area contributed by atoms with Gasteiger partial charge >= 0.3 is 6.03 Å². The maximum atomic E-state index is 12.4. The Bertz CT molecular complexity index is 548. The summed E-state index contributed by atoms with van der Waals surface area (Å²) in [6.45, 7) is 2.21. The molecule has 0 radical (unpaired) electrons. The molecule has 1 aliphatic heterocycles. The zero-order valence-electron chi connectivity index (χ0n) is 11.9. The molecule has 1 fully saturated rings. The number of benzene rings is 1. The summed E-state index contributed by atoms with van der Waals surface area (Å²) in [6.07, 6.45) is 3.25. The Morgan fingerprint density at radius 1 is 1.33 bits per heavy atom. The van der Waals surface area contributed by atoms with Crippen LogP contribution in [0.3, 0.4) is 0 Å². The fourth-order valence-corrected chi connectivity index (χ4v) is 2.93. The summed E-state index contributed by atoms with van der Waals surface area (Å²) in [4.78, 5) is 25.5. The molecule has 6 heteroatoms. The first-order chi connectivity index (χ1) is 9.97. The van der Waals surface area contributed by atoms with E-state index in [1.165, 1.54) is 0 Å². The number of carbonyl (C=O) groups excluding carboxylic acids is 2. The highest BCUT2D eigenvalue weighted by Gasteiger charge is 2.27. The van der Waals surface area contributed by atoms with E-state index in [-0.39, 0.29) is 17.9 Å². The average molecular weight is 329 g/mol. The SMILES string of the molecule is CC(=O)CC1CCCCN1C(=O)Nc1cc(Cl)ccc1Cl. The van der Waals surface area contributed by atoms with E-state index < -0.39 is 0 Å². The maximum absolute atomic E-state index is 12.4. The number of carbonyl (C=O) groups is 2. The smallest absolute Gasteiger partial charge is 0.321 e. The Labute approximate surface area is 134 Å². The second-order valence-corrected chi connectivity index (χ2v) is 6.15. The zero-order valence-corrected chi connectivity index (χ0v) is 13.4. The Kier molecular flexibility index (Phi) is 5.48. The Morgan fingerprint density at radius 2 is 2.10 bits per heavy atom. The van der Waals surface area contributed by atoms with Crippen molar-refractivity contribution in [2.24, 2.45) is 0 Å². The standard InChI is InChI=1S/C15H18Cl2N2O2/c1-10(20)8-12-4-2-3-7-19(12)15(21)18-14-9-11(16)5-6-13(14)17/h5-6,9,12H,2-4,7-8H2,1H3,(H,18,21). The van der Waals surface area contributed by atoms with Crippen LogP contribution in [0, 0.1) is 0 Å². The molecular formula is C15H18Cl2N2O2. The molecule has 0 aromatic heterocycles. The molecule has 1 heterocycles. The molecule has 21 heavy (non-hydrogen) atoms. The number of halogens is 2. The third-order valence-corrected chi connectivity index (χ3v) is 4.15. The largest absolute Gasteiger partial charge is 0.322 e. The van der Waals surface area contributed by atoms with Gasteiger partial charge < -0.3 is 10.2 Å². The number of urea groups is 1. The van der Waals surface area contributed by atoms with Gasteiger partial charge in [0.25, 0.3) is 0 Å². The predicted molar refractivity (Wildman–Crippen MR) is 85.1 cm³/mol. The molecule has 0 bridgehead atoms. The van der Waals surface area contributed by atoms with Crippen molar-refractivity contribution in [2.75, 3.05) is 11.9 Å². The highest BCUT2D eigenvalue weighted by atomic mass is 35.5. The molecule has 1 unspecified atom stereocenters. The molecule has 1 N–H and O–H groups in total. The van der Waals surface area contributed by atoms with Crippen LogP contribution in [0.1, 0.15) is 32.6 Å². The van der Waals surface area contributed by atoms with Gasteiger partial charge in [-0.2, -0.15) is 0 Å². The van der Waals surface area contributed by atoms with Crippen molar-refractivity contribution in [3.63, 3.8) is 0 Å². The first-order valence-electron chi connectivity index (χ1n) is 6.99. The van der Waals surface area contributed by atoms with Crippen LogP contribution in [-0.4, -0.2) is 29.3 Å². The van der Waals surface area contributed by atoms with E-state index in [0.29, 0.717) is 28.7 Å². The zero-order chi connectivity index (χ0) is 15.4. The molecule has 1 aliphatic rings. The van der Waals surface area contributed by atoms with Gasteiger partial charge in [-0.25, -0.2) is 4.79 Å². The number of likely N-dealkylation sites (tertiary alicyclic amines) is 1. The second-order valence-electron chi connectivity index (χ2n) is 5.30. The lowest BCUT2D eigenvalue weighted by atomic mass is 9.98. The van der Waals surface area contributed by atoms with E-state index in [0.717, 1.165) is 19.3 Å². The van der Waals surface area contributed by atoms with Crippen molar-refractivity contribution in [3.8, 4) is 0 Å². The van der Waals surface area contributed by atoms with Crippen LogP contribution in [0.15, 0.2) is 18.2 Å². The van der Waals surface area contributed by atoms with Gasteiger partial charge in [-0.3, -0.25) is 4.79 Å². The first-order valence-corrected chi connectivity index (χ1v) is 7.75. The van der Waals surface area contributed by atoms with E-state index in [4.69, 9.17) is 23.2 Å². The lowest BCUT2D eigenvalue weighted by molar-refractivity contribution is -0.118. The van der Waals surface area contributed by atoms with Crippen LogP contribution in [0.5, 0.6) is 0 Å². The summed E-state index contributed by atoms with van der Waals surface area (Å²) in [6, 6.07) is 4.66. The minimum Gasteiger partial charge on any atom is -0.321 e. The van der Waals surface area contributed by atoms with Gasteiger partial charge in [-0.1, -0.05) is 23.2 Å². The third-order valence-electron chi connectivity index (χ3n) is 3.58. The van der Waals surface area contributed by atoms with Crippen LogP contribution < -0.4 is 5.32 Å². The monoisotopic (exact) mass is 328 g/mol. The van der Waals surface area contributed by atoms with E-state index in [1.54, 1.807) is 30.0 Å². The van der Waals surface area contributed by atoms with Gasteiger partial charge in [-0.15, -0.1) is 0 Å². The number of nitrogens with zero attached hydrogens (tertiary/aromatic N) is 1. The number of anilines is 1. The van der Waals surface area contributed by atoms with Crippen molar-refractivity contribution in [1.29, 1.82) is 0 Å². The van der Waals surface area contributed by atoms with Gasteiger partial charge in [-0.05, 0) is 44.4 Å². The number of hydrogen-bond donors (Lipinski definition) is 1. The summed E-state index contributed by atoms with van der Waals surface area (Å²) >= 11 is 12.0. The van der Waals surface area contributed by atoms with Crippen molar-refractivity contribution in [2.45, 2.75) is 38.6 Å². The van der Waals surface area contributed by atoms with Gasteiger partial charge in [0, 0.05) is 24.0 Å². The minimum atomic E-state index is -0.231. The molecule has 1 aromatic rings. The van der Waals surface area contributed by atoms with Crippen LogP contribution in [0.25, 0.3) is 0 Å². The van der Waals surface area contributed by atoms with Gasteiger partial charge in [0.05, 0.1) is 10.7 Å². The summed E-state index contributed by atoms with van der Waals surface area (Å²) in [5.74, 6) is 0.0977. The number of ketones is 1. The summed E-state index contributed by atoms with van der Waals surface area (Å²) in [5, 5.41) is 3.73. The van der Waals surface area contributed by atoms with Crippen molar-refractivity contribution in [1.82, 2.24) is 4.90 Å². The molecule has 1 saturated heterocycles. The normalized spacial score (nSPS) is 18.4. The van der Waals surface area contributed by atoms with Gasteiger partial charge in [0.1, 0.15) is 5.78 Å². The van der Waals surface area contributed by atoms with E-state index >= 15 is 0 Å². The number of hydrogen-bond acceptors (Lipinski definition) is 2. The molecular weight excluding hydrogens is 311 g/mol. The van der Waals surface area contributed by atoms with Gasteiger partial charge in [0.2, 0.25) is 0 Å². The van der Waals surface area contributed by atoms with Crippen molar-refractivity contribution < 1.29 is 9.59 Å². The van der Waals surface area contributed by atoms with Crippen LogP contribution >= 0.6 is 23.2 Å². The molecule has 4 nitrogen and oxygen atoms in total. The first kappa shape index (κ1) is 16.1. The summed E-state index contributed by atoms with van der Waals surface area (Å²) in [5.41, 5.74) is 0.487. The molecule has 2 rings (SSSR count). The van der Waals surface area contributed by atoms with Gasteiger partial charge in [0.15, 0.2) is 0 Å². The number of Topliss-reactive ketones (excluding diaryl/α,β-unsaturated/α-hetero) is 1. The fourth-order valence-electron chi connectivity index (χ4n) is 2.59. The van der Waals surface area contributed by atoms with E-state index in [9.17, 15) is 9.59 Å². The number of piperidine rings is 1. The topological polar surface area (TPSA) is 49.4 Å². The second kappa shape index (κ2) is 7.14.